The van der Waals surface area contributed by atoms with E-state index in [9.17, 15) is 9.59 Å². The largest absolute Gasteiger partial charge is 0.484 e. The maximum absolute atomic E-state index is 12.4. The van der Waals surface area contributed by atoms with Crippen LogP contribution < -0.4 is 15.0 Å². The van der Waals surface area contributed by atoms with Gasteiger partial charge < -0.3 is 15.0 Å². The Bertz CT molecular complexity index is 789. The summed E-state index contributed by atoms with van der Waals surface area (Å²) in [5.74, 6) is 0.816. The lowest BCUT2D eigenvalue weighted by Gasteiger charge is -2.23. The molecule has 1 aliphatic rings. The van der Waals surface area contributed by atoms with E-state index in [0.717, 1.165) is 24.2 Å². The number of nitrogens with zero attached hydrogens (tertiary/aromatic N) is 1. The van der Waals surface area contributed by atoms with Crippen LogP contribution in [0.15, 0.2) is 54.6 Å². The molecule has 1 atom stereocenters. The molecular weight excluding hydrogens is 340 g/mol. The summed E-state index contributed by atoms with van der Waals surface area (Å²) in [5, 5.41) is 3.05. The van der Waals surface area contributed by atoms with Crippen molar-refractivity contribution >= 4 is 17.5 Å². The van der Waals surface area contributed by atoms with Crippen LogP contribution in [0.4, 0.5) is 5.69 Å². The molecule has 1 N–H and O–H groups in total. The van der Waals surface area contributed by atoms with Gasteiger partial charge in [0, 0.05) is 24.7 Å². The fourth-order valence-electron chi connectivity index (χ4n) is 3.32. The molecule has 0 bridgehead atoms. The predicted molar refractivity (Wildman–Crippen MR) is 106 cm³/mol. The fraction of sp³-hybridized carbons (Fsp3) is 0.364. The van der Waals surface area contributed by atoms with Gasteiger partial charge in [-0.1, -0.05) is 50.2 Å². The van der Waals surface area contributed by atoms with E-state index >= 15 is 0 Å². The van der Waals surface area contributed by atoms with Gasteiger partial charge in [-0.3, -0.25) is 9.59 Å². The number of hydrogen-bond acceptors (Lipinski definition) is 3. The van der Waals surface area contributed by atoms with Gasteiger partial charge in [0.15, 0.2) is 6.61 Å². The van der Waals surface area contributed by atoms with Crippen molar-refractivity contribution in [2.45, 2.75) is 32.7 Å². The van der Waals surface area contributed by atoms with Gasteiger partial charge in [-0.15, -0.1) is 0 Å². The van der Waals surface area contributed by atoms with E-state index in [4.69, 9.17) is 4.74 Å². The normalized spacial score (nSPS) is 15.1. The molecule has 0 radical (unpaired) electrons. The number of nitrogens with one attached hydrogen (secondary N) is 1. The molecule has 0 saturated carbocycles. The highest BCUT2D eigenvalue weighted by molar-refractivity contribution is 5.95. The molecule has 2 amide bonds. The van der Waals surface area contributed by atoms with Crippen LogP contribution in [-0.4, -0.2) is 25.0 Å². The summed E-state index contributed by atoms with van der Waals surface area (Å²) in [6, 6.07) is 17.2. The van der Waals surface area contributed by atoms with Crippen molar-refractivity contribution < 1.29 is 14.3 Å². The van der Waals surface area contributed by atoms with Gasteiger partial charge in [0.2, 0.25) is 5.91 Å². The molecule has 0 spiro atoms. The number of benzene rings is 2. The standard InChI is InChI=1S/C22H26N2O3/c1-16(2)22(17-8-4-3-5-9-17)23-20(25)15-27-19-11-6-10-18(14-19)24-13-7-12-21(24)26/h3-6,8-11,14,16,22H,7,12-13,15H2,1-2H3,(H,23,25)/t22-/m1/s1. The van der Waals surface area contributed by atoms with Gasteiger partial charge in [-0.05, 0) is 30.0 Å². The van der Waals surface area contributed by atoms with Crippen LogP contribution in [0.25, 0.3) is 0 Å². The van der Waals surface area contributed by atoms with Gasteiger partial charge in [0.25, 0.3) is 5.91 Å². The first kappa shape index (κ1) is 19.0. The maximum Gasteiger partial charge on any atom is 0.258 e. The minimum atomic E-state index is -0.166. The highest BCUT2D eigenvalue weighted by Crippen LogP contribution is 2.25. The van der Waals surface area contributed by atoms with Gasteiger partial charge >= 0.3 is 0 Å². The lowest BCUT2D eigenvalue weighted by atomic mass is 9.96. The SMILES string of the molecule is CC(C)[C@@H](NC(=O)COc1cccc(N2CCCC2=O)c1)c1ccccc1. The third kappa shape index (κ3) is 4.88. The Balaban J connectivity index is 1.59. The average molecular weight is 366 g/mol. The van der Waals surface area contributed by atoms with E-state index in [-0.39, 0.29) is 30.4 Å². The quantitative estimate of drug-likeness (QED) is 0.813. The molecule has 1 heterocycles. The number of ether oxygens (including phenoxy) is 1. The molecule has 0 aromatic heterocycles. The van der Waals surface area contributed by atoms with Crippen LogP contribution in [0, 0.1) is 5.92 Å². The van der Waals surface area contributed by atoms with Crippen LogP contribution in [0.5, 0.6) is 5.75 Å². The van der Waals surface area contributed by atoms with Crippen molar-refractivity contribution in [1.29, 1.82) is 0 Å². The molecular formula is C22H26N2O3. The fourth-order valence-corrected chi connectivity index (χ4v) is 3.32. The summed E-state index contributed by atoms with van der Waals surface area (Å²) in [7, 11) is 0. The van der Waals surface area contributed by atoms with Crippen molar-refractivity contribution in [3.63, 3.8) is 0 Å². The number of anilines is 1. The molecule has 27 heavy (non-hydrogen) atoms. The lowest BCUT2D eigenvalue weighted by Crippen LogP contribution is -2.35. The Morgan fingerprint density at radius 3 is 2.59 bits per heavy atom. The smallest absolute Gasteiger partial charge is 0.258 e. The average Bonchev–Trinajstić information content (AvgIpc) is 3.11. The van der Waals surface area contributed by atoms with Crippen molar-refractivity contribution in [3.8, 4) is 5.75 Å². The lowest BCUT2D eigenvalue weighted by molar-refractivity contribution is -0.124. The summed E-state index contributed by atoms with van der Waals surface area (Å²) >= 11 is 0. The second-order valence-electron chi connectivity index (χ2n) is 7.13. The summed E-state index contributed by atoms with van der Waals surface area (Å²) in [5.41, 5.74) is 1.90. The van der Waals surface area contributed by atoms with Crippen molar-refractivity contribution in [1.82, 2.24) is 5.32 Å². The summed E-state index contributed by atoms with van der Waals surface area (Å²) in [4.78, 5) is 26.1. The van der Waals surface area contributed by atoms with E-state index < -0.39 is 0 Å². The Kier molecular flexibility index (Phi) is 6.12. The first-order valence-electron chi connectivity index (χ1n) is 9.42. The molecule has 2 aromatic rings. The molecule has 3 rings (SSSR count). The summed E-state index contributed by atoms with van der Waals surface area (Å²) < 4.78 is 5.67. The number of carbonyl (C=O) groups is 2. The predicted octanol–water partition coefficient (Wildman–Crippen LogP) is 3.71. The van der Waals surface area contributed by atoms with Crippen molar-refractivity contribution in [2.24, 2.45) is 5.92 Å². The summed E-state index contributed by atoms with van der Waals surface area (Å²) in [6.07, 6.45) is 1.46. The minimum Gasteiger partial charge on any atom is -0.484 e. The number of carbonyl (C=O) groups excluding carboxylic acids is 2. The van der Waals surface area contributed by atoms with E-state index in [1.807, 2.05) is 48.5 Å². The molecule has 0 aliphatic carbocycles. The Labute approximate surface area is 160 Å². The van der Waals surface area contributed by atoms with Gasteiger partial charge in [0.05, 0.1) is 6.04 Å². The Morgan fingerprint density at radius 2 is 1.93 bits per heavy atom. The zero-order valence-electron chi connectivity index (χ0n) is 15.9. The van der Waals surface area contributed by atoms with E-state index in [1.54, 1.807) is 11.0 Å². The molecule has 5 nitrogen and oxygen atoms in total. The van der Waals surface area contributed by atoms with Gasteiger partial charge in [-0.25, -0.2) is 0 Å². The third-order valence-corrected chi connectivity index (χ3v) is 4.71. The minimum absolute atomic E-state index is 0.0594. The first-order chi connectivity index (χ1) is 13.0. The Morgan fingerprint density at radius 1 is 1.15 bits per heavy atom. The number of rotatable bonds is 7. The third-order valence-electron chi connectivity index (χ3n) is 4.71. The van der Waals surface area contributed by atoms with Crippen LogP contribution in [0.1, 0.15) is 38.3 Å². The van der Waals surface area contributed by atoms with Crippen LogP contribution in [0.2, 0.25) is 0 Å². The number of amides is 2. The molecule has 0 unspecified atom stereocenters. The molecule has 142 valence electrons. The zero-order chi connectivity index (χ0) is 19.2. The van der Waals surface area contributed by atoms with E-state index in [2.05, 4.69) is 19.2 Å². The summed E-state index contributed by atoms with van der Waals surface area (Å²) in [6.45, 7) is 4.83. The highest BCUT2D eigenvalue weighted by atomic mass is 16.5. The second-order valence-corrected chi connectivity index (χ2v) is 7.13. The van der Waals surface area contributed by atoms with E-state index in [0.29, 0.717) is 12.2 Å². The topological polar surface area (TPSA) is 58.6 Å². The van der Waals surface area contributed by atoms with Crippen molar-refractivity contribution in [2.75, 3.05) is 18.1 Å². The number of hydrogen-bond donors (Lipinski definition) is 1. The highest BCUT2D eigenvalue weighted by Gasteiger charge is 2.22. The van der Waals surface area contributed by atoms with Crippen LogP contribution in [0.3, 0.4) is 0 Å². The van der Waals surface area contributed by atoms with Crippen LogP contribution in [-0.2, 0) is 9.59 Å². The molecule has 1 fully saturated rings. The second kappa shape index (κ2) is 8.71. The molecule has 5 heteroatoms. The first-order valence-corrected chi connectivity index (χ1v) is 9.42. The van der Waals surface area contributed by atoms with Crippen LogP contribution >= 0.6 is 0 Å². The van der Waals surface area contributed by atoms with Gasteiger partial charge in [-0.2, -0.15) is 0 Å². The van der Waals surface area contributed by atoms with E-state index in [1.165, 1.54) is 0 Å². The molecule has 1 aliphatic heterocycles. The van der Waals surface area contributed by atoms with Crippen molar-refractivity contribution in [3.05, 3.63) is 60.2 Å². The monoisotopic (exact) mass is 366 g/mol. The van der Waals surface area contributed by atoms with Gasteiger partial charge in [0.1, 0.15) is 5.75 Å². The molecule has 2 aromatic carbocycles. The zero-order valence-corrected chi connectivity index (χ0v) is 15.9. The molecule has 1 saturated heterocycles. The Hall–Kier alpha value is -2.82. The maximum atomic E-state index is 12.4.